The molecule has 0 aliphatic rings. The largest absolute Gasteiger partial charge is 0.504 e. The Morgan fingerprint density at radius 1 is 1.39 bits per heavy atom. The van der Waals surface area contributed by atoms with Crippen molar-refractivity contribution < 1.29 is 14.0 Å². The highest BCUT2D eigenvalue weighted by molar-refractivity contribution is 5.77. The van der Waals surface area contributed by atoms with Crippen LogP contribution in [0.25, 0.3) is 11.1 Å². The number of aromatic nitrogens is 1. The Hall–Kier alpha value is -2.08. The summed E-state index contributed by atoms with van der Waals surface area (Å²) in [5, 5.41) is 13.3. The second kappa shape index (κ2) is 4.66. The Bertz CT molecular complexity index is 566. The van der Waals surface area contributed by atoms with Crippen molar-refractivity contribution in [3.63, 3.8) is 0 Å². The molecule has 0 unspecified atom stereocenters. The first-order valence-corrected chi connectivity index (χ1v) is 5.35. The molecule has 3 N–H and O–H groups in total. The van der Waals surface area contributed by atoms with Crippen LogP contribution in [0.5, 0.6) is 5.75 Å². The highest BCUT2D eigenvalue weighted by Gasteiger charge is 2.16. The molecule has 1 heterocycles. The van der Waals surface area contributed by atoms with Crippen LogP contribution in [0.15, 0.2) is 22.9 Å². The smallest absolute Gasteiger partial charge is 0.230 e. The monoisotopic (exact) mass is 251 g/mol. The van der Waals surface area contributed by atoms with Gasteiger partial charge in [-0.15, -0.1) is 0 Å². The predicted molar refractivity (Wildman–Crippen MR) is 65.4 cm³/mol. The molecular weight excluding hydrogens is 237 g/mol. The summed E-state index contributed by atoms with van der Waals surface area (Å²) in [5.41, 5.74) is 6.96. The second-order valence-corrected chi connectivity index (χ2v) is 4.32. The fraction of sp³-hybridized carbons (Fsp3) is 0.250. The van der Waals surface area contributed by atoms with Crippen molar-refractivity contribution >= 4 is 5.88 Å². The van der Waals surface area contributed by atoms with E-state index in [2.05, 4.69) is 5.16 Å². The van der Waals surface area contributed by atoms with Crippen molar-refractivity contribution in [2.45, 2.75) is 6.54 Å². The van der Waals surface area contributed by atoms with E-state index < -0.39 is 11.6 Å². The van der Waals surface area contributed by atoms with E-state index in [1.54, 1.807) is 6.07 Å². The second-order valence-electron chi connectivity index (χ2n) is 4.32. The number of nitrogen functional groups attached to an aromatic ring is 1. The molecule has 0 amide bonds. The van der Waals surface area contributed by atoms with Gasteiger partial charge in [0.25, 0.3) is 0 Å². The van der Waals surface area contributed by atoms with Crippen molar-refractivity contribution in [1.82, 2.24) is 10.1 Å². The Morgan fingerprint density at radius 2 is 2.11 bits per heavy atom. The first kappa shape index (κ1) is 12.4. The Morgan fingerprint density at radius 3 is 2.67 bits per heavy atom. The summed E-state index contributed by atoms with van der Waals surface area (Å²) in [6.07, 6.45) is 1.35. The number of benzene rings is 1. The van der Waals surface area contributed by atoms with Crippen molar-refractivity contribution in [1.29, 1.82) is 0 Å². The van der Waals surface area contributed by atoms with Gasteiger partial charge in [0.2, 0.25) is 5.88 Å². The van der Waals surface area contributed by atoms with Gasteiger partial charge in [0.15, 0.2) is 11.6 Å². The van der Waals surface area contributed by atoms with E-state index in [1.807, 2.05) is 19.0 Å². The Labute approximate surface area is 104 Å². The highest BCUT2D eigenvalue weighted by atomic mass is 19.1. The van der Waals surface area contributed by atoms with Gasteiger partial charge in [-0.1, -0.05) is 5.16 Å². The predicted octanol–water partition coefficient (Wildman–Crippen LogP) is 1.83. The normalized spacial score (nSPS) is 11.1. The maximum atomic E-state index is 13.7. The van der Waals surface area contributed by atoms with Crippen LogP contribution in [0.4, 0.5) is 10.3 Å². The van der Waals surface area contributed by atoms with Gasteiger partial charge >= 0.3 is 0 Å². The molecule has 5 nitrogen and oxygen atoms in total. The van der Waals surface area contributed by atoms with Crippen LogP contribution in [0.1, 0.15) is 5.56 Å². The molecule has 0 aliphatic carbocycles. The van der Waals surface area contributed by atoms with Gasteiger partial charge < -0.3 is 20.3 Å². The SMILES string of the molecule is CN(C)Cc1cc(F)c(O)c(-c2cnoc2N)c1. The number of hydrogen-bond acceptors (Lipinski definition) is 5. The molecule has 0 saturated carbocycles. The van der Waals surface area contributed by atoms with E-state index in [9.17, 15) is 9.50 Å². The van der Waals surface area contributed by atoms with Gasteiger partial charge in [0.1, 0.15) is 0 Å². The first-order valence-electron chi connectivity index (χ1n) is 5.35. The number of halogens is 1. The van der Waals surface area contributed by atoms with E-state index in [-0.39, 0.29) is 11.4 Å². The molecule has 0 bridgehead atoms. The summed E-state index contributed by atoms with van der Waals surface area (Å²) < 4.78 is 18.4. The van der Waals surface area contributed by atoms with E-state index >= 15 is 0 Å². The fourth-order valence-electron chi connectivity index (χ4n) is 1.77. The van der Waals surface area contributed by atoms with E-state index in [0.29, 0.717) is 12.1 Å². The summed E-state index contributed by atoms with van der Waals surface area (Å²) in [6.45, 7) is 0.551. The first-order chi connectivity index (χ1) is 8.49. The minimum Gasteiger partial charge on any atom is -0.504 e. The van der Waals surface area contributed by atoms with Gasteiger partial charge in [-0.3, -0.25) is 0 Å². The van der Waals surface area contributed by atoms with Crippen molar-refractivity contribution in [3.05, 3.63) is 29.7 Å². The molecule has 2 aromatic rings. The minimum atomic E-state index is -0.690. The molecule has 6 heteroatoms. The lowest BCUT2D eigenvalue weighted by atomic mass is 10.0. The number of hydrogen-bond donors (Lipinski definition) is 2. The molecular formula is C12H14FN3O2. The van der Waals surface area contributed by atoms with Gasteiger partial charge in [0.05, 0.1) is 11.8 Å². The van der Waals surface area contributed by atoms with Crippen LogP contribution in [0.3, 0.4) is 0 Å². The maximum Gasteiger partial charge on any atom is 0.230 e. The molecule has 0 saturated heterocycles. The zero-order valence-corrected chi connectivity index (χ0v) is 10.1. The fourth-order valence-corrected chi connectivity index (χ4v) is 1.77. The van der Waals surface area contributed by atoms with Crippen LogP contribution in [0, 0.1) is 5.82 Å². The third-order valence-electron chi connectivity index (χ3n) is 2.51. The average Bonchev–Trinajstić information content (AvgIpc) is 2.69. The van der Waals surface area contributed by atoms with Crippen LogP contribution in [0.2, 0.25) is 0 Å². The Balaban J connectivity index is 2.53. The minimum absolute atomic E-state index is 0.0479. The maximum absolute atomic E-state index is 13.7. The van der Waals surface area contributed by atoms with Crippen LogP contribution >= 0.6 is 0 Å². The Kier molecular flexibility index (Phi) is 3.20. The quantitative estimate of drug-likeness (QED) is 0.870. The number of nitrogens with zero attached hydrogens (tertiary/aromatic N) is 2. The summed E-state index contributed by atoms with van der Waals surface area (Å²) in [4.78, 5) is 1.90. The summed E-state index contributed by atoms with van der Waals surface area (Å²) >= 11 is 0. The molecule has 2 rings (SSSR count). The standard InChI is InChI=1S/C12H14FN3O2/c1-16(2)6-7-3-8(11(17)10(13)4-7)9-5-15-18-12(9)14/h3-5,17H,6,14H2,1-2H3. The molecule has 1 aromatic heterocycles. The molecule has 18 heavy (non-hydrogen) atoms. The molecule has 0 fully saturated rings. The van der Waals surface area contributed by atoms with Crippen LogP contribution in [-0.4, -0.2) is 29.3 Å². The van der Waals surface area contributed by atoms with E-state index in [4.69, 9.17) is 10.3 Å². The summed E-state index contributed by atoms with van der Waals surface area (Å²) in [7, 11) is 3.75. The summed E-state index contributed by atoms with van der Waals surface area (Å²) in [6, 6.07) is 2.96. The molecule has 1 aromatic carbocycles. The molecule has 0 spiro atoms. The van der Waals surface area contributed by atoms with Gasteiger partial charge in [-0.2, -0.15) is 0 Å². The highest BCUT2D eigenvalue weighted by Crippen LogP contribution is 2.35. The zero-order valence-electron chi connectivity index (χ0n) is 10.1. The topological polar surface area (TPSA) is 75.5 Å². The van der Waals surface area contributed by atoms with Gasteiger partial charge in [-0.05, 0) is 31.8 Å². The number of anilines is 1. The number of phenolic OH excluding ortho intramolecular Hbond substituents is 1. The summed E-state index contributed by atoms with van der Waals surface area (Å²) in [5.74, 6) is -1.09. The van der Waals surface area contributed by atoms with Gasteiger partial charge in [0, 0.05) is 12.1 Å². The number of rotatable bonds is 3. The van der Waals surface area contributed by atoms with Crippen molar-refractivity contribution in [2.75, 3.05) is 19.8 Å². The number of phenols is 1. The van der Waals surface area contributed by atoms with Crippen LogP contribution < -0.4 is 5.73 Å². The lowest BCUT2D eigenvalue weighted by Crippen LogP contribution is -2.10. The average molecular weight is 251 g/mol. The molecule has 0 radical (unpaired) electrons. The van der Waals surface area contributed by atoms with Crippen molar-refractivity contribution in [2.24, 2.45) is 0 Å². The third kappa shape index (κ3) is 2.28. The third-order valence-corrected chi connectivity index (χ3v) is 2.51. The lowest BCUT2D eigenvalue weighted by molar-refractivity contribution is 0.398. The molecule has 0 atom stereocenters. The van der Waals surface area contributed by atoms with E-state index in [0.717, 1.165) is 5.56 Å². The molecule has 96 valence electrons. The number of nitrogens with two attached hydrogens (primary N) is 1. The number of aromatic hydroxyl groups is 1. The van der Waals surface area contributed by atoms with Gasteiger partial charge in [-0.25, -0.2) is 4.39 Å². The van der Waals surface area contributed by atoms with Crippen LogP contribution in [-0.2, 0) is 6.54 Å². The van der Waals surface area contributed by atoms with Crippen molar-refractivity contribution in [3.8, 4) is 16.9 Å². The zero-order chi connectivity index (χ0) is 13.3. The lowest BCUT2D eigenvalue weighted by Gasteiger charge is -2.12. The van der Waals surface area contributed by atoms with E-state index in [1.165, 1.54) is 12.3 Å². The molecule has 0 aliphatic heterocycles.